The zero-order valence-corrected chi connectivity index (χ0v) is 9.11. The Balaban J connectivity index is 2.51. The Kier molecular flexibility index (Phi) is 1.79. The number of benzene rings is 2. The lowest BCUT2D eigenvalue weighted by molar-refractivity contribution is 1.78. The van der Waals surface area contributed by atoms with E-state index >= 15 is 0 Å². The van der Waals surface area contributed by atoms with Crippen molar-refractivity contribution in [3.05, 3.63) is 42.5 Å². The Morgan fingerprint density at radius 2 is 1.57 bits per heavy atom. The lowest BCUT2D eigenvalue weighted by Crippen LogP contribution is -1.69. The van der Waals surface area contributed by atoms with Gasteiger partial charge in [0.25, 0.3) is 0 Å². The first-order chi connectivity index (χ1) is 6.83. The number of thiol groups is 1. The van der Waals surface area contributed by atoms with Gasteiger partial charge in [-0.05, 0) is 34.4 Å². The van der Waals surface area contributed by atoms with Gasteiger partial charge in [0, 0.05) is 4.70 Å². The van der Waals surface area contributed by atoms with Crippen molar-refractivity contribution in [2.45, 2.75) is 4.21 Å². The van der Waals surface area contributed by atoms with Gasteiger partial charge in [0.15, 0.2) is 0 Å². The van der Waals surface area contributed by atoms with E-state index < -0.39 is 0 Å². The molecular formula is C12H8S2. The van der Waals surface area contributed by atoms with Crippen LogP contribution < -0.4 is 0 Å². The molecule has 0 fully saturated rings. The van der Waals surface area contributed by atoms with Crippen LogP contribution in [0.4, 0.5) is 0 Å². The minimum atomic E-state index is 1.08. The van der Waals surface area contributed by atoms with E-state index in [1.165, 1.54) is 20.9 Å². The van der Waals surface area contributed by atoms with E-state index in [1.54, 1.807) is 11.3 Å². The summed E-state index contributed by atoms with van der Waals surface area (Å²) in [5, 5.41) is 3.89. The molecule has 0 aliphatic heterocycles. The molecule has 3 rings (SSSR count). The second-order valence-electron chi connectivity index (χ2n) is 3.32. The highest BCUT2D eigenvalue weighted by atomic mass is 32.2. The maximum Gasteiger partial charge on any atom is 0.0580 e. The Morgan fingerprint density at radius 1 is 0.857 bits per heavy atom. The van der Waals surface area contributed by atoms with Crippen LogP contribution >= 0.6 is 24.0 Å². The SMILES string of the molecule is Sc1cc2cc3ccccc3cc2s1. The van der Waals surface area contributed by atoms with Crippen molar-refractivity contribution >= 4 is 44.8 Å². The third kappa shape index (κ3) is 1.22. The summed E-state index contributed by atoms with van der Waals surface area (Å²) in [6.07, 6.45) is 0. The zero-order chi connectivity index (χ0) is 9.54. The maximum absolute atomic E-state index is 4.37. The molecule has 0 N–H and O–H groups in total. The summed E-state index contributed by atoms with van der Waals surface area (Å²) in [6.45, 7) is 0. The zero-order valence-electron chi connectivity index (χ0n) is 7.40. The van der Waals surface area contributed by atoms with Gasteiger partial charge in [0.1, 0.15) is 0 Å². The van der Waals surface area contributed by atoms with Crippen molar-refractivity contribution in [2.75, 3.05) is 0 Å². The average Bonchev–Trinajstić information content (AvgIpc) is 2.53. The van der Waals surface area contributed by atoms with Gasteiger partial charge >= 0.3 is 0 Å². The maximum atomic E-state index is 4.37. The molecule has 0 spiro atoms. The van der Waals surface area contributed by atoms with E-state index in [2.05, 4.69) is 55.1 Å². The van der Waals surface area contributed by atoms with E-state index in [4.69, 9.17) is 0 Å². The molecule has 68 valence electrons. The molecule has 2 aromatic carbocycles. The fourth-order valence-corrected chi connectivity index (χ4v) is 2.98. The van der Waals surface area contributed by atoms with Crippen LogP contribution in [-0.2, 0) is 0 Å². The van der Waals surface area contributed by atoms with Crippen LogP contribution in [0, 0.1) is 0 Å². The first-order valence-corrected chi connectivity index (χ1v) is 5.70. The lowest BCUT2D eigenvalue weighted by Gasteiger charge is -1.96. The van der Waals surface area contributed by atoms with Crippen LogP contribution in [0.1, 0.15) is 0 Å². The predicted molar refractivity (Wildman–Crippen MR) is 66.6 cm³/mol. The number of thiophene rings is 1. The highest BCUT2D eigenvalue weighted by Crippen LogP contribution is 2.31. The summed E-state index contributed by atoms with van der Waals surface area (Å²) in [4.78, 5) is 0. The largest absolute Gasteiger partial charge is 0.133 e. The van der Waals surface area contributed by atoms with Gasteiger partial charge in [0.05, 0.1) is 4.21 Å². The summed E-state index contributed by atoms with van der Waals surface area (Å²) in [7, 11) is 0. The second-order valence-corrected chi connectivity index (χ2v) is 5.19. The van der Waals surface area contributed by atoms with E-state index in [9.17, 15) is 0 Å². The van der Waals surface area contributed by atoms with E-state index in [0.717, 1.165) is 4.21 Å². The lowest BCUT2D eigenvalue weighted by atomic mass is 10.1. The highest BCUT2D eigenvalue weighted by Gasteiger charge is 2.00. The standard InChI is InChI=1S/C12H8S2/c13-12-7-10-5-8-3-1-2-4-9(8)6-11(10)14-12/h1-7,13H. The Bertz CT molecular complexity index is 555. The number of hydrogen-bond acceptors (Lipinski definition) is 2. The summed E-state index contributed by atoms with van der Waals surface area (Å²) in [5.74, 6) is 0. The van der Waals surface area contributed by atoms with Crippen LogP contribution in [0.15, 0.2) is 46.7 Å². The van der Waals surface area contributed by atoms with Crippen molar-refractivity contribution in [1.82, 2.24) is 0 Å². The van der Waals surface area contributed by atoms with Crippen molar-refractivity contribution in [2.24, 2.45) is 0 Å². The molecule has 3 aromatic rings. The first-order valence-electron chi connectivity index (χ1n) is 4.44. The second kappa shape index (κ2) is 3.01. The molecule has 0 atom stereocenters. The van der Waals surface area contributed by atoms with Gasteiger partial charge in [-0.25, -0.2) is 0 Å². The van der Waals surface area contributed by atoms with E-state index in [-0.39, 0.29) is 0 Å². The molecule has 0 aliphatic rings. The molecule has 0 saturated heterocycles. The molecule has 0 nitrogen and oxygen atoms in total. The molecule has 0 saturated carbocycles. The summed E-state index contributed by atoms with van der Waals surface area (Å²) < 4.78 is 2.39. The number of hydrogen-bond donors (Lipinski definition) is 1. The quantitative estimate of drug-likeness (QED) is 0.531. The molecular weight excluding hydrogens is 208 g/mol. The minimum absolute atomic E-state index is 1.08. The molecule has 1 aromatic heterocycles. The minimum Gasteiger partial charge on any atom is -0.133 e. The average molecular weight is 216 g/mol. The summed E-state index contributed by atoms with van der Waals surface area (Å²) in [5.41, 5.74) is 0. The Labute approximate surface area is 91.6 Å². The van der Waals surface area contributed by atoms with Crippen LogP contribution in [0.25, 0.3) is 20.9 Å². The molecule has 14 heavy (non-hydrogen) atoms. The topological polar surface area (TPSA) is 0 Å². The third-order valence-corrected chi connectivity index (χ3v) is 3.68. The van der Waals surface area contributed by atoms with Gasteiger partial charge < -0.3 is 0 Å². The highest BCUT2D eigenvalue weighted by molar-refractivity contribution is 7.83. The smallest absolute Gasteiger partial charge is 0.0580 e. The molecule has 2 heteroatoms. The number of rotatable bonds is 0. The van der Waals surface area contributed by atoms with Crippen LogP contribution in [0.3, 0.4) is 0 Å². The van der Waals surface area contributed by atoms with Gasteiger partial charge in [-0.1, -0.05) is 24.3 Å². The van der Waals surface area contributed by atoms with Gasteiger partial charge in [-0.15, -0.1) is 24.0 Å². The van der Waals surface area contributed by atoms with Crippen LogP contribution in [0.5, 0.6) is 0 Å². The normalized spacial score (nSPS) is 11.2. The van der Waals surface area contributed by atoms with Crippen molar-refractivity contribution in [3.8, 4) is 0 Å². The summed E-state index contributed by atoms with van der Waals surface area (Å²) in [6, 6.07) is 15.0. The molecule has 0 bridgehead atoms. The van der Waals surface area contributed by atoms with Crippen molar-refractivity contribution in [1.29, 1.82) is 0 Å². The number of fused-ring (bicyclic) bond motifs is 2. The van der Waals surface area contributed by atoms with Gasteiger partial charge in [0.2, 0.25) is 0 Å². The molecule has 0 aliphatic carbocycles. The monoisotopic (exact) mass is 216 g/mol. The fourth-order valence-electron chi connectivity index (χ4n) is 1.71. The van der Waals surface area contributed by atoms with Gasteiger partial charge in [-0.2, -0.15) is 0 Å². The molecule has 0 unspecified atom stereocenters. The van der Waals surface area contributed by atoms with Crippen LogP contribution in [0.2, 0.25) is 0 Å². The van der Waals surface area contributed by atoms with E-state index in [0.29, 0.717) is 0 Å². The predicted octanol–water partition coefficient (Wildman–Crippen LogP) is 4.34. The Hall–Kier alpha value is -0.990. The first kappa shape index (κ1) is 8.33. The van der Waals surface area contributed by atoms with Crippen LogP contribution in [-0.4, -0.2) is 0 Å². The van der Waals surface area contributed by atoms with E-state index in [1.807, 2.05) is 0 Å². The molecule has 0 amide bonds. The fraction of sp³-hybridized carbons (Fsp3) is 0. The van der Waals surface area contributed by atoms with Gasteiger partial charge in [-0.3, -0.25) is 0 Å². The van der Waals surface area contributed by atoms with Crippen molar-refractivity contribution < 1.29 is 0 Å². The van der Waals surface area contributed by atoms with Crippen molar-refractivity contribution in [3.63, 3.8) is 0 Å². The molecule has 0 radical (unpaired) electrons. The third-order valence-electron chi connectivity index (χ3n) is 2.37. The Morgan fingerprint density at radius 3 is 2.36 bits per heavy atom. The summed E-state index contributed by atoms with van der Waals surface area (Å²) >= 11 is 6.10. The molecule has 1 heterocycles.